The van der Waals surface area contributed by atoms with Crippen molar-refractivity contribution in [2.24, 2.45) is 11.8 Å². The molecule has 0 unspecified atom stereocenters. The van der Waals surface area contributed by atoms with Crippen LogP contribution in [0, 0.1) is 11.8 Å². The number of ether oxygens (including phenoxy) is 1. The normalized spacial score (nSPS) is 11.6. The van der Waals surface area contributed by atoms with Crippen LogP contribution in [-0.2, 0) is 14.4 Å². The van der Waals surface area contributed by atoms with E-state index in [1.54, 1.807) is 36.3 Å². The topological polar surface area (TPSA) is 87.7 Å². The van der Waals surface area contributed by atoms with Gasteiger partial charge in [0.15, 0.2) is 0 Å². The van der Waals surface area contributed by atoms with Crippen LogP contribution >= 0.6 is 0 Å². The van der Waals surface area contributed by atoms with Crippen LogP contribution in [0.15, 0.2) is 24.3 Å². The second-order valence-electron chi connectivity index (χ2n) is 6.98. The predicted octanol–water partition coefficient (Wildman–Crippen LogP) is 2.28. The Balaban J connectivity index is 2.52. The number of rotatable bonds is 10. The molecule has 2 N–H and O–H groups in total. The first-order chi connectivity index (χ1) is 12.8. The van der Waals surface area contributed by atoms with Gasteiger partial charge in [0.05, 0.1) is 20.2 Å². The van der Waals surface area contributed by atoms with Crippen LogP contribution in [-0.4, -0.2) is 49.4 Å². The van der Waals surface area contributed by atoms with Crippen LogP contribution in [0.5, 0.6) is 5.75 Å². The molecule has 1 aromatic rings. The Bertz CT molecular complexity index is 629. The fourth-order valence-electron chi connectivity index (χ4n) is 2.45. The van der Waals surface area contributed by atoms with Gasteiger partial charge in [0.2, 0.25) is 17.7 Å². The zero-order valence-electron chi connectivity index (χ0n) is 16.9. The van der Waals surface area contributed by atoms with Gasteiger partial charge in [-0.25, -0.2) is 0 Å². The molecule has 1 atom stereocenters. The lowest BCUT2D eigenvalue weighted by molar-refractivity contribution is -0.139. The quantitative estimate of drug-likeness (QED) is 0.655. The molecule has 0 aromatic heterocycles. The highest BCUT2D eigenvalue weighted by Gasteiger charge is 2.22. The Morgan fingerprint density at radius 1 is 1.07 bits per heavy atom. The molecule has 0 radical (unpaired) electrons. The van der Waals surface area contributed by atoms with Gasteiger partial charge < -0.3 is 20.3 Å². The minimum Gasteiger partial charge on any atom is -0.497 e. The van der Waals surface area contributed by atoms with Gasteiger partial charge in [0.1, 0.15) is 5.75 Å². The number of nitrogens with one attached hydrogen (secondary N) is 2. The number of hydrogen-bond donors (Lipinski definition) is 2. The van der Waals surface area contributed by atoms with E-state index in [1.165, 1.54) is 0 Å². The summed E-state index contributed by atoms with van der Waals surface area (Å²) in [4.78, 5) is 38.2. The number of nitrogens with zero attached hydrogens (tertiary/aromatic N) is 1. The van der Waals surface area contributed by atoms with Crippen molar-refractivity contribution in [2.45, 2.75) is 34.1 Å². The van der Waals surface area contributed by atoms with Crippen molar-refractivity contribution < 1.29 is 19.1 Å². The Kier molecular flexibility index (Phi) is 9.33. The number of carbonyl (C=O) groups is 3. The van der Waals surface area contributed by atoms with E-state index in [-0.39, 0.29) is 42.6 Å². The molecular weight excluding hydrogens is 346 g/mol. The molecule has 150 valence electrons. The van der Waals surface area contributed by atoms with Crippen molar-refractivity contribution in [3.05, 3.63) is 24.3 Å². The summed E-state index contributed by atoms with van der Waals surface area (Å²) in [6.45, 7) is 8.10. The second-order valence-corrected chi connectivity index (χ2v) is 6.98. The standard InChI is InChI=1S/C20H31N3O4/c1-6-15(4)20(26)23(12-14(2)3)13-19(25)21-11-18(24)22-16-7-9-17(27-5)10-8-16/h7-10,14-15H,6,11-13H2,1-5H3,(H,21,25)(H,22,24)/t15-/m1/s1. The van der Waals surface area contributed by atoms with Crippen molar-refractivity contribution in [3.63, 3.8) is 0 Å². The van der Waals surface area contributed by atoms with Crippen LogP contribution in [0.1, 0.15) is 34.1 Å². The highest BCUT2D eigenvalue weighted by atomic mass is 16.5. The van der Waals surface area contributed by atoms with Crippen molar-refractivity contribution >= 4 is 23.4 Å². The van der Waals surface area contributed by atoms with Crippen LogP contribution in [0.4, 0.5) is 5.69 Å². The van der Waals surface area contributed by atoms with E-state index in [2.05, 4.69) is 10.6 Å². The second kappa shape index (κ2) is 11.2. The summed E-state index contributed by atoms with van der Waals surface area (Å²) in [6, 6.07) is 6.90. The van der Waals surface area contributed by atoms with Crippen molar-refractivity contribution in [2.75, 3.05) is 32.1 Å². The lowest BCUT2D eigenvalue weighted by Crippen LogP contribution is -2.45. The lowest BCUT2D eigenvalue weighted by atomic mass is 10.1. The Labute approximate surface area is 161 Å². The summed E-state index contributed by atoms with van der Waals surface area (Å²) in [5.74, 6) is 0.0926. The third kappa shape index (κ3) is 8.11. The van der Waals surface area contributed by atoms with Gasteiger partial charge in [0, 0.05) is 18.2 Å². The lowest BCUT2D eigenvalue weighted by Gasteiger charge is -2.26. The molecule has 0 saturated heterocycles. The van der Waals surface area contributed by atoms with E-state index in [4.69, 9.17) is 4.74 Å². The first-order valence-electron chi connectivity index (χ1n) is 9.26. The third-order valence-electron chi connectivity index (χ3n) is 4.09. The van der Waals surface area contributed by atoms with Gasteiger partial charge in [0.25, 0.3) is 0 Å². The summed E-state index contributed by atoms with van der Waals surface area (Å²) in [5, 5.41) is 5.27. The molecule has 3 amide bonds. The average Bonchev–Trinajstić information content (AvgIpc) is 2.64. The number of hydrogen-bond acceptors (Lipinski definition) is 4. The van der Waals surface area contributed by atoms with E-state index >= 15 is 0 Å². The molecule has 0 fully saturated rings. The number of anilines is 1. The molecule has 1 rings (SSSR count). The van der Waals surface area contributed by atoms with Crippen molar-refractivity contribution in [1.82, 2.24) is 10.2 Å². The smallest absolute Gasteiger partial charge is 0.243 e. The van der Waals surface area contributed by atoms with E-state index < -0.39 is 0 Å². The third-order valence-corrected chi connectivity index (χ3v) is 4.09. The van der Waals surface area contributed by atoms with Crippen LogP contribution < -0.4 is 15.4 Å². The molecule has 1 aromatic carbocycles. The molecule has 0 spiro atoms. The maximum atomic E-state index is 12.4. The Morgan fingerprint density at radius 3 is 2.22 bits per heavy atom. The highest BCUT2D eigenvalue weighted by Crippen LogP contribution is 2.14. The largest absolute Gasteiger partial charge is 0.497 e. The first kappa shape index (κ1) is 22.5. The van der Waals surface area contributed by atoms with Gasteiger partial charge in [-0.1, -0.05) is 27.7 Å². The molecule has 0 aliphatic rings. The van der Waals surface area contributed by atoms with Gasteiger partial charge in [-0.2, -0.15) is 0 Å². The van der Waals surface area contributed by atoms with E-state index in [1.807, 2.05) is 27.7 Å². The van der Waals surface area contributed by atoms with E-state index in [0.717, 1.165) is 6.42 Å². The molecule has 0 saturated carbocycles. The van der Waals surface area contributed by atoms with Crippen molar-refractivity contribution in [1.29, 1.82) is 0 Å². The summed E-state index contributed by atoms with van der Waals surface area (Å²) in [7, 11) is 1.57. The zero-order valence-corrected chi connectivity index (χ0v) is 16.9. The van der Waals surface area contributed by atoms with Crippen LogP contribution in [0.2, 0.25) is 0 Å². The molecule has 7 heteroatoms. The van der Waals surface area contributed by atoms with Gasteiger partial charge in [-0.15, -0.1) is 0 Å². The summed E-state index contributed by atoms with van der Waals surface area (Å²) in [5.41, 5.74) is 0.614. The summed E-state index contributed by atoms with van der Waals surface area (Å²) < 4.78 is 5.06. The zero-order chi connectivity index (χ0) is 20.4. The summed E-state index contributed by atoms with van der Waals surface area (Å²) in [6.07, 6.45) is 0.722. The molecule has 27 heavy (non-hydrogen) atoms. The first-order valence-corrected chi connectivity index (χ1v) is 9.26. The Hall–Kier alpha value is -2.57. The summed E-state index contributed by atoms with van der Waals surface area (Å²) >= 11 is 0. The number of amides is 3. The molecule has 7 nitrogen and oxygen atoms in total. The number of benzene rings is 1. The maximum absolute atomic E-state index is 12.4. The fourth-order valence-corrected chi connectivity index (χ4v) is 2.45. The fraction of sp³-hybridized carbons (Fsp3) is 0.550. The molecule has 0 aliphatic carbocycles. The van der Waals surface area contributed by atoms with Crippen molar-refractivity contribution in [3.8, 4) is 5.75 Å². The molecule has 0 bridgehead atoms. The maximum Gasteiger partial charge on any atom is 0.243 e. The van der Waals surface area contributed by atoms with E-state index in [0.29, 0.717) is 18.0 Å². The molecular formula is C20H31N3O4. The number of methoxy groups -OCH3 is 1. The average molecular weight is 377 g/mol. The van der Waals surface area contributed by atoms with Crippen LogP contribution in [0.3, 0.4) is 0 Å². The molecule has 0 heterocycles. The Morgan fingerprint density at radius 2 is 1.70 bits per heavy atom. The van der Waals surface area contributed by atoms with Gasteiger partial charge in [-0.05, 0) is 36.6 Å². The van der Waals surface area contributed by atoms with Gasteiger partial charge >= 0.3 is 0 Å². The van der Waals surface area contributed by atoms with Crippen LogP contribution in [0.25, 0.3) is 0 Å². The highest BCUT2D eigenvalue weighted by molar-refractivity contribution is 5.95. The minimum atomic E-state index is -0.350. The minimum absolute atomic E-state index is 0.0379. The number of carbonyl (C=O) groups excluding carboxylic acids is 3. The molecule has 0 aliphatic heterocycles. The monoisotopic (exact) mass is 377 g/mol. The SMILES string of the molecule is CC[C@@H](C)C(=O)N(CC(=O)NCC(=O)Nc1ccc(OC)cc1)CC(C)C. The van der Waals surface area contributed by atoms with E-state index in [9.17, 15) is 14.4 Å². The van der Waals surface area contributed by atoms with Gasteiger partial charge in [-0.3, -0.25) is 14.4 Å². The predicted molar refractivity (Wildman–Crippen MR) is 106 cm³/mol.